The van der Waals surface area contributed by atoms with Crippen LogP contribution in [0.5, 0.6) is 0 Å². The zero-order valence-electron chi connectivity index (χ0n) is 28.6. The van der Waals surface area contributed by atoms with Gasteiger partial charge in [0, 0.05) is 27.5 Å². The van der Waals surface area contributed by atoms with E-state index in [4.69, 9.17) is 19.4 Å². The molecular formula is C49H31N3O. The van der Waals surface area contributed by atoms with E-state index in [0.717, 1.165) is 60.9 Å². The third-order valence-corrected chi connectivity index (χ3v) is 9.95. The number of furan rings is 1. The van der Waals surface area contributed by atoms with E-state index in [1.807, 2.05) is 42.5 Å². The summed E-state index contributed by atoms with van der Waals surface area (Å²) in [5.41, 5.74) is 11.4. The monoisotopic (exact) mass is 677 g/mol. The summed E-state index contributed by atoms with van der Waals surface area (Å²) >= 11 is 0. The van der Waals surface area contributed by atoms with Crippen molar-refractivity contribution in [3.05, 3.63) is 188 Å². The van der Waals surface area contributed by atoms with Crippen LogP contribution in [-0.4, -0.2) is 15.0 Å². The van der Waals surface area contributed by atoms with Crippen molar-refractivity contribution >= 4 is 32.7 Å². The molecule has 4 nitrogen and oxygen atoms in total. The first kappa shape index (κ1) is 30.6. The van der Waals surface area contributed by atoms with Gasteiger partial charge in [0.2, 0.25) is 0 Å². The molecule has 10 rings (SSSR count). The lowest BCUT2D eigenvalue weighted by molar-refractivity contribution is 0.669. The van der Waals surface area contributed by atoms with Gasteiger partial charge >= 0.3 is 0 Å². The molecule has 248 valence electrons. The van der Waals surface area contributed by atoms with Crippen LogP contribution in [0.15, 0.2) is 192 Å². The first-order valence-electron chi connectivity index (χ1n) is 17.8. The lowest BCUT2D eigenvalue weighted by atomic mass is 9.97. The molecule has 53 heavy (non-hydrogen) atoms. The predicted molar refractivity (Wildman–Crippen MR) is 217 cm³/mol. The molecule has 0 saturated carbocycles. The number of aromatic nitrogens is 3. The van der Waals surface area contributed by atoms with Gasteiger partial charge in [-0.3, -0.25) is 0 Å². The Morgan fingerprint density at radius 1 is 0.302 bits per heavy atom. The second kappa shape index (κ2) is 12.9. The minimum absolute atomic E-state index is 0.625. The molecule has 0 N–H and O–H groups in total. The molecule has 0 saturated heterocycles. The minimum Gasteiger partial charge on any atom is -0.456 e. The summed E-state index contributed by atoms with van der Waals surface area (Å²) in [5.74, 6) is 1.89. The summed E-state index contributed by atoms with van der Waals surface area (Å²) in [6.45, 7) is 0. The van der Waals surface area contributed by atoms with E-state index in [0.29, 0.717) is 17.5 Å². The summed E-state index contributed by atoms with van der Waals surface area (Å²) in [6.07, 6.45) is 0. The molecule has 8 aromatic carbocycles. The van der Waals surface area contributed by atoms with Crippen molar-refractivity contribution in [2.24, 2.45) is 0 Å². The lowest BCUT2D eigenvalue weighted by Crippen LogP contribution is -2.00. The number of benzene rings is 8. The highest BCUT2D eigenvalue weighted by Gasteiger charge is 2.16. The van der Waals surface area contributed by atoms with Gasteiger partial charge in [-0.15, -0.1) is 0 Å². The Kier molecular flexibility index (Phi) is 7.43. The van der Waals surface area contributed by atoms with Crippen molar-refractivity contribution in [1.29, 1.82) is 0 Å². The van der Waals surface area contributed by atoms with Crippen molar-refractivity contribution in [2.75, 3.05) is 0 Å². The Bertz CT molecular complexity index is 2930. The van der Waals surface area contributed by atoms with Crippen LogP contribution in [0.25, 0.3) is 100 Å². The van der Waals surface area contributed by atoms with Gasteiger partial charge in [0.25, 0.3) is 0 Å². The van der Waals surface area contributed by atoms with Gasteiger partial charge in [-0.1, -0.05) is 164 Å². The van der Waals surface area contributed by atoms with Crippen LogP contribution < -0.4 is 0 Å². The molecule has 0 atom stereocenters. The number of hydrogen-bond donors (Lipinski definition) is 0. The van der Waals surface area contributed by atoms with Crippen LogP contribution >= 0.6 is 0 Å². The fourth-order valence-corrected chi connectivity index (χ4v) is 7.33. The Labute approximate surface area is 306 Å². The Hall–Kier alpha value is -7.17. The van der Waals surface area contributed by atoms with Crippen LogP contribution in [0.1, 0.15) is 0 Å². The molecule has 0 aliphatic rings. The van der Waals surface area contributed by atoms with Crippen molar-refractivity contribution in [3.63, 3.8) is 0 Å². The smallest absolute Gasteiger partial charge is 0.164 e. The second-order valence-corrected chi connectivity index (χ2v) is 13.2. The summed E-state index contributed by atoms with van der Waals surface area (Å²) in [7, 11) is 0. The molecule has 0 spiro atoms. The maximum absolute atomic E-state index is 6.31. The number of fused-ring (bicyclic) bond motifs is 4. The Balaban J connectivity index is 1.05. The van der Waals surface area contributed by atoms with E-state index in [-0.39, 0.29) is 0 Å². The second-order valence-electron chi connectivity index (χ2n) is 13.2. The van der Waals surface area contributed by atoms with Crippen LogP contribution in [0, 0.1) is 0 Å². The molecule has 0 fully saturated rings. The van der Waals surface area contributed by atoms with E-state index in [9.17, 15) is 0 Å². The third kappa shape index (κ3) is 5.63. The SMILES string of the molecule is c1ccc(-c2nc(-c3ccc(-c4ccc5oc6cccc(-c7ccccc7)c6c5c4)cc3)nc(-c3cccc(-c4cccc5ccccc45)c3)n2)cc1. The van der Waals surface area contributed by atoms with Gasteiger partial charge in [0.15, 0.2) is 17.5 Å². The fourth-order valence-electron chi connectivity index (χ4n) is 7.33. The molecule has 10 aromatic rings. The van der Waals surface area contributed by atoms with E-state index >= 15 is 0 Å². The highest BCUT2D eigenvalue weighted by atomic mass is 16.3. The standard InChI is InChI=1S/C49H31N3O/c1-3-12-34(13-4-1)42-22-11-23-45-46(42)43-31-37(28-29-44(43)53-45)32-24-26-36(27-25-32)48-50-47(35-15-5-2-6-16-35)51-49(52-48)39-19-9-18-38(30-39)41-21-10-17-33-14-7-8-20-40(33)41/h1-31H. The quantitative estimate of drug-likeness (QED) is 0.176. The minimum atomic E-state index is 0.625. The van der Waals surface area contributed by atoms with Crippen molar-refractivity contribution < 1.29 is 4.42 Å². The Morgan fingerprint density at radius 2 is 0.849 bits per heavy atom. The molecule has 2 heterocycles. The number of rotatable bonds is 6. The maximum atomic E-state index is 6.31. The molecule has 2 aromatic heterocycles. The van der Waals surface area contributed by atoms with Crippen molar-refractivity contribution in [2.45, 2.75) is 0 Å². The molecule has 0 bridgehead atoms. The molecule has 4 heteroatoms. The summed E-state index contributed by atoms with van der Waals surface area (Å²) in [4.78, 5) is 15.1. The van der Waals surface area contributed by atoms with E-state index in [1.54, 1.807) is 0 Å². The summed E-state index contributed by atoms with van der Waals surface area (Å²) in [5, 5.41) is 4.65. The van der Waals surface area contributed by atoms with Crippen molar-refractivity contribution in [1.82, 2.24) is 15.0 Å². The fraction of sp³-hybridized carbons (Fsp3) is 0. The average molecular weight is 678 g/mol. The topological polar surface area (TPSA) is 51.8 Å². The van der Waals surface area contributed by atoms with E-state index < -0.39 is 0 Å². The first-order chi connectivity index (χ1) is 26.2. The van der Waals surface area contributed by atoms with Gasteiger partial charge < -0.3 is 4.42 Å². The van der Waals surface area contributed by atoms with Crippen LogP contribution in [0.4, 0.5) is 0 Å². The molecular weight excluding hydrogens is 647 g/mol. The maximum Gasteiger partial charge on any atom is 0.164 e. The third-order valence-electron chi connectivity index (χ3n) is 9.95. The average Bonchev–Trinajstić information content (AvgIpc) is 3.62. The molecule has 0 aliphatic heterocycles. The van der Waals surface area contributed by atoms with Crippen molar-refractivity contribution in [3.8, 4) is 67.5 Å². The molecule has 0 aliphatic carbocycles. The first-order valence-corrected chi connectivity index (χ1v) is 17.8. The van der Waals surface area contributed by atoms with Gasteiger partial charge in [0.1, 0.15) is 11.2 Å². The zero-order chi connectivity index (χ0) is 35.1. The largest absolute Gasteiger partial charge is 0.456 e. The van der Waals surface area contributed by atoms with Crippen LogP contribution in [0.2, 0.25) is 0 Å². The van der Waals surface area contributed by atoms with Crippen LogP contribution in [-0.2, 0) is 0 Å². The lowest BCUT2D eigenvalue weighted by Gasteiger charge is -2.11. The van der Waals surface area contributed by atoms with Gasteiger partial charge in [-0.05, 0) is 68.4 Å². The van der Waals surface area contributed by atoms with Gasteiger partial charge in [-0.2, -0.15) is 0 Å². The Morgan fingerprint density at radius 3 is 1.64 bits per heavy atom. The summed E-state index contributed by atoms with van der Waals surface area (Å²) in [6, 6.07) is 65.2. The van der Waals surface area contributed by atoms with E-state index in [2.05, 4.69) is 146 Å². The highest BCUT2D eigenvalue weighted by molar-refractivity contribution is 6.13. The van der Waals surface area contributed by atoms with Gasteiger partial charge in [0.05, 0.1) is 0 Å². The van der Waals surface area contributed by atoms with Crippen LogP contribution in [0.3, 0.4) is 0 Å². The number of hydrogen-bond acceptors (Lipinski definition) is 4. The molecule has 0 radical (unpaired) electrons. The zero-order valence-corrected chi connectivity index (χ0v) is 28.6. The normalized spacial score (nSPS) is 11.4. The van der Waals surface area contributed by atoms with E-state index in [1.165, 1.54) is 21.9 Å². The highest BCUT2D eigenvalue weighted by Crippen LogP contribution is 2.39. The van der Waals surface area contributed by atoms with Gasteiger partial charge in [-0.25, -0.2) is 15.0 Å². The molecule has 0 amide bonds. The molecule has 0 unspecified atom stereocenters. The summed E-state index contributed by atoms with van der Waals surface area (Å²) < 4.78 is 6.31. The number of nitrogens with zero attached hydrogens (tertiary/aromatic N) is 3. The predicted octanol–water partition coefficient (Wildman–Crippen LogP) is 12.9.